The van der Waals surface area contributed by atoms with Crippen LogP contribution in [0.5, 0.6) is 0 Å². The van der Waals surface area contributed by atoms with Gasteiger partial charge < -0.3 is 14.6 Å². The van der Waals surface area contributed by atoms with Crippen molar-refractivity contribution < 1.29 is 41.1 Å². The second-order valence-corrected chi connectivity index (χ2v) is 11.1. The smallest absolute Gasteiger partial charge is 0.405 e. The van der Waals surface area contributed by atoms with Gasteiger partial charge in [-0.25, -0.2) is 4.79 Å². The van der Waals surface area contributed by atoms with Crippen molar-refractivity contribution in [2.45, 2.75) is 94.7 Å². The van der Waals surface area contributed by atoms with Crippen LogP contribution in [0.2, 0.25) is 0 Å². The zero-order valence-corrected chi connectivity index (χ0v) is 18.5. The van der Waals surface area contributed by atoms with Gasteiger partial charge in [-0.3, -0.25) is 4.55 Å². The highest BCUT2D eigenvalue weighted by atomic mass is 32.2. The fourth-order valence-electron chi connectivity index (χ4n) is 6.61. The second kappa shape index (κ2) is 7.64. The standard InChI is InChI=1S/C20H32F2O7S/c1-4-19(24,5-2)17-7-14-6-15(8-17)10-18(9-14,12-17)28-11-16(23)29-13(3)20(21,22)30(25,26)27/h13-15,24H,4-12H2,1-3H3,(H,25,26,27). The Morgan fingerprint density at radius 3 is 2.17 bits per heavy atom. The summed E-state index contributed by atoms with van der Waals surface area (Å²) >= 11 is 0. The number of halogens is 2. The lowest BCUT2D eigenvalue weighted by Crippen LogP contribution is -2.64. The predicted octanol–water partition coefficient (Wildman–Crippen LogP) is 3.31. The molecule has 0 radical (unpaired) electrons. The molecular weight excluding hydrogens is 422 g/mol. The van der Waals surface area contributed by atoms with Crippen LogP contribution in [0.25, 0.3) is 0 Å². The lowest BCUT2D eigenvalue weighted by Gasteiger charge is -2.65. The summed E-state index contributed by atoms with van der Waals surface area (Å²) in [4.78, 5) is 12.1. The van der Waals surface area contributed by atoms with Crippen molar-refractivity contribution in [1.29, 1.82) is 0 Å². The number of aliphatic hydroxyl groups is 1. The summed E-state index contributed by atoms with van der Waals surface area (Å²) in [6, 6.07) is 0. The molecule has 4 rings (SSSR count). The topological polar surface area (TPSA) is 110 Å². The van der Waals surface area contributed by atoms with E-state index in [9.17, 15) is 27.1 Å². The van der Waals surface area contributed by atoms with Crippen LogP contribution in [0.1, 0.15) is 72.1 Å². The molecule has 4 saturated carbocycles. The van der Waals surface area contributed by atoms with Crippen molar-refractivity contribution in [3.05, 3.63) is 0 Å². The van der Waals surface area contributed by atoms with E-state index in [1.807, 2.05) is 13.8 Å². The first-order chi connectivity index (χ1) is 13.7. The lowest BCUT2D eigenvalue weighted by molar-refractivity contribution is -0.248. The van der Waals surface area contributed by atoms with Gasteiger partial charge in [-0.2, -0.15) is 17.2 Å². The quantitative estimate of drug-likeness (QED) is 0.406. The molecule has 7 nitrogen and oxygen atoms in total. The van der Waals surface area contributed by atoms with Crippen molar-refractivity contribution in [3.63, 3.8) is 0 Å². The zero-order chi connectivity index (χ0) is 22.6. The molecule has 30 heavy (non-hydrogen) atoms. The van der Waals surface area contributed by atoms with Gasteiger partial charge in [0.15, 0.2) is 6.10 Å². The van der Waals surface area contributed by atoms with Gasteiger partial charge in [-0.1, -0.05) is 13.8 Å². The van der Waals surface area contributed by atoms with Crippen molar-refractivity contribution in [2.75, 3.05) is 6.61 Å². The first-order valence-corrected chi connectivity index (χ1v) is 12.1. The maximum atomic E-state index is 13.6. The molecule has 3 unspecified atom stereocenters. The molecule has 0 aromatic rings. The van der Waals surface area contributed by atoms with Gasteiger partial charge in [0.2, 0.25) is 0 Å². The largest absolute Gasteiger partial charge is 0.453 e. The fraction of sp³-hybridized carbons (Fsp3) is 0.950. The van der Waals surface area contributed by atoms with Crippen LogP contribution in [0.4, 0.5) is 8.78 Å². The molecule has 0 aliphatic heterocycles. The van der Waals surface area contributed by atoms with Crippen LogP contribution in [0, 0.1) is 17.3 Å². The van der Waals surface area contributed by atoms with Gasteiger partial charge in [0.25, 0.3) is 0 Å². The minimum Gasteiger partial charge on any atom is -0.453 e. The van der Waals surface area contributed by atoms with E-state index in [1.54, 1.807) is 0 Å². The van der Waals surface area contributed by atoms with Crippen molar-refractivity contribution in [2.24, 2.45) is 17.3 Å². The van der Waals surface area contributed by atoms with E-state index in [1.165, 1.54) is 0 Å². The lowest BCUT2D eigenvalue weighted by atomic mass is 9.43. The van der Waals surface area contributed by atoms with Gasteiger partial charge in [-0.15, -0.1) is 0 Å². The molecule has 4 bridgehead atoms. The maximum Gasteiger partial charge on any atom is 0.405 e. The number of hydrogen-bond acceptors (Lipinski definition) is 6. The van der Waals surface area contributed by atoms with E-state index in [-0.39, 0.29) is 5.41 Å². The average molecular weight is 455 g/mol. The number of esters is 1. The van der Waals surface area contributed by atoms with Gasteiger partial charge in [0, 0.05) is 5.41 Å². The molecule has 4 aliphatic carbocycles. The van der Waals surface area contributed by atoms with E-state index in [0.717, 1.165) is 32.1 Å². The Labute approximate surface area is 176 Å². The summed E-state index contributed by atoms with van der Waals surface area (Å²) in [7, 11) is -5.71. The summed E-state index contributed by atoms with van der Waals surface area (Å²) in [5.41, 5.74) is -1.71. The van der Waals surface area contributed by atoms with Crippen LogP contribution >= 0.6 is 0 Å². The zero-order valence-electron chi connectivity index (χ0n) is 17.7. The minimum atomic E-state index is -5.71. The molecule has 0 spiro atoms. The van der Waals surface area contributed by atoms with Crippen molar-refractivity contribution in [1.82, 2.24) is 0 Å². The maximum absolute atomic E-state index is 13.6. The van der Waals surface area contributed by atoms with Gasteiger partial charge in [0.1, 0.15) is 6.61 Å². The van der Waals surface area contributed by atoms with E-state index >= 15 is 0 Å². The normalized spacial score (nSPS) is 34.8. The van der Waals surface area contributed by atoms with Crippen LogP contribution in [-0.4, -0.2) is 53.2 Å². The van der Waals surface area contributed by atoms with Crippen LogP contribution < -0.4 is 0 Å². The molecule has 3 atom stereocenters. The molecule has 0 aromatic carbocycles. The number of hydrogen-bond donors (Lipinski definition) is 2. The van der Waals surface area contributed by atoms with E-state index < -0.39 is 45.3 Å². The molecular formula is C20H32F2O7S. The van der Waals surface area contributed by atoms with Crippen LogP contribution in [-0.2, 0) is 24.4 Å². The molecule has 174 valence electrons. The van der Waals surface area contributed by atoms with E-state index in [0.29, 0.717) is 38.0 Å². The Bertz CT molecular complexity index is 764. The highest BCUT2D eigenvalue weighted by Gasteiger charge is 2.64. The number of carbonyl (C=O) groups is 1. The molecule has 0 amide bonds. The molecule has 10 heteroatoms. The second-order valence-electron chi connectivity index (χ2n) is 9.62. The summed E-state index contributed by atoms with van der Waals surface area (Å²) < 4.78 is 68.0. The van der Waals surface area contributed by atoms with Gasteiger partial charge in [0.05, 0.1) is 11.2 Å². The molecule has 4 aliphatic rings. The highest BCUT2D eigenvalue weighted by molar-refractivity contribution is 7.86. The number of ether oxygens (including phenoxy) is 2. The molecule has 0 heterocycles. The third-order valence-corrected chi connectivity index (χ3v) is 8.81. The Hall–Kier alpha value is -0.840. The third-order valence-electron chi connectivity index (χ3n) is 7.79. The summed E-state index contributed by atoms with van der Waals surface area (Å²) in [6.45, 7) is 4.07. The highest BCUT2D eigenvalue weighted by Crippen LogP contribution is 2.67. The van der Waals surface area contributed by atoms with E-state index in [4.69, 9.17) is 9.29 Å². The summed E-state index contributed by atoms with van der Waals surface area (Å²) in [5.74, 6) is -0.346. The Morgan fingerprint density at radius 1 is 1.17 bits per heavy atom. The first-order valence-electron chi connectivity index (χ1n) is 10.6. The minimum absolute atomic E-state index is 0.282. The molecule has 4 fully saturated rings. The number of rotatable bonds is 9. The summed E-state index contributed by atoms with van der Waals surface area (Å²) in [6.07, 6.45) is 3.93. The Kier molecular flexibility index (Phi) is 6.06. The van der Waals surface area contributed by atoms with Gasteiger partial charge in [-0.05, 0) is 70.1 Å². The Balaban J connectivity index is 1.69. The summed E-state index contributed by atoms with van der Waals surface area (Å²) in [5, 5.41) is 6.75. The third kappa shape index (κ3) is 3.89. The molecule has 2 N–H and O–H groups in total. The monoisotopic (exact) mass is 454 g/mol. The van der Waals surface area contributed by atoms with Crippen molar-refractivity contribution in [3.8, 4) is 0 Å². The van der Waals surface area contributed by atoms with Crippen molar-refractivity contribution >= 4 is 16.1 Å². The predicted molar refractivity (Wildman–Crippen MR) is 103 cm³/mol. The van der Waals surface area contributed by atoms with Crippen LogP contribution in [0.15, 0.2) is 0 Å². The fourth-order valence-corrected chi connectivity index (χ4v) is 7.08. The van der Waals surface area contributed by atoms with E-state index in [2.05, 4.69) is 4.74 Å². The Morgan fingerprint density at radius 2 is 1.70 bits per heavy atom. The van der Waals surface area contributed by atoms with Crippen LogP contribution in [0.3, 0.4) is 0 Å². The number of carbonyl (C=O) groups excluding carboxylic acids is 1. The number of alkyl halides is 2. The molecule has 0 aromatic heterocycles. The average Bonchev–Trinajstić information content (AvgIpc) is 2.63. The first kappa shape index (κ1) is 23.8. The molecule has 0 saturated heterocycles. The van der Waals surface area contributed by atoms with Gasteiger partial charge >= 0.3 is 21.3 Å². The SMILES string of the molecule is CCC(O)(CC)C12CC3CC(CC(OCC(=O)OC(C)C(F)(F)S(=O)(=O)O)(C3)C1)C2.